The molecule has 40 heavy (non-hydrogen) atoms. The molecule has 4 aliphatic rings. The molecule has 4 fully saturated rings. The molecule has 2 aromatic rings. The molecule has 0 bridgehead atoms. The lowest BCUT2D eigenvalue weighted by atomic mass is 9.75. The summed E-state index contributed by atoms with van der Waals surface area (Å²) in [5, 5.41) is 13.3. The number of nitriles is 1. The lowest BCUT2D eigenvalue weighted by Gasteiger charge is -2.33. The van der Waals surface area contributed by atoms with Gasteiger partial charge in [-0.1, -0.05) is 23.5 Å². The highest BCUT2D eigenvalue weighted by Gasteiger charge is 2.48. The summed E-state index contributed by atoms with van der Waals surface area (Å²) in [5.41, 5.74) is 1.95. The van der Waals surface area contributed by atoms with Gasteiger partial charge in [-0.2, -0.15) is 5.26 Å². The summed E-state index contributed by atoms with van der Waals surface area (Å²) in [6.07, 6.45) is 1.21. The van der Waals surface area contributed by atoms with E-state index < -0.39 is 27.5 Å². The predicted octanol–water partition coefficient (Wildman–Crippen LogP) is 3.28. The van der Waals surface area contributed by atoms with Gasteiger partial charge in [0.1, 0.15) is 11.7 Å². The summed E-state index contributed by atoms with van der Waals surface area (Å²) in [4.78, 5) is 23.8. The van der Waals surface area contributed by atoms with E-state index in [0.29, 0.717) is 52.0 Å². The fourth-order valence-corrected chi connectivity index (χ4v) is 8.31. The number of carbonyl (C=O) groups excluding carboxylic acids is 1. The fraction of sp³-hybridized carbons (Fsp3) is 0.607. The molecule has 3 unspecified atom stereocenters. The van der Waals surface area contributed by atoms with Crippen molar-refractivity contribution in [1.29, 1.82) is 5.26 Å². The Morgan fingerprint density at radius 2 is 1.80 bits per heavy atom. The van der Waals surface area contributed by atoms with Crippen LogP contribution in [-0.2, 0) is 19.4 Å². The highest BCUT2D eigenvalue weighted by molar-refractivity contribution is 7.91. The van der Waals surface area contributed by atoms with Crippen molar-refractivity contribution in [1.82, 2.24) is 10.3 Å². The van der Waals surface area contributed by atoms with Crippen LogP contribution in [0.3, 0.4) is 0 Å². The summed E-state index contributed by atoms with van der Waals surface area (Å²) in [5.74, 6) is -0.791. The van der Waals surface area contributed by atoms with Crippen molar-refractivity contribution in [2.24, 2.45) is 5.92 Å². The van der Waals surface area contributed by atoms with Crippen molar-refractivity contribution < 1.29 is 22.3 Å². The number of hydrogen-bond acceptors (Lipinski definition) is 9. The van der Waals surface area contributed by atoms with E-state index in [2.05, 4.69) is 21.2 Å². The van der Waals surface area contributed by atoms with Gasteiger partial charge in [0.25, 0.3) is 0 Å². The SMILES string of the molecule is N#CC1(NC(=O)C2CC(F)CCC2c2nc(N3CCOCC3)sc2-c2ccc(N3CCS(=O)(=O)CC3)cc2)CC1. The number of nitrogens with zero attached hydrogens (tertiary/aromatic N) is 4. The van der Waals surface area contributed by atoms with Crippen molar-refractivity contribution in [3.63, 3.8) is 0 Å². The van der Waals surface area contributed by atoms with Gasteiger partial charge >= 0.3 is 0 Å². The monoisotopic (exact) mass is 587 g/mol. The highest BCUT2D eigenvalue weighted by atomic mass is 32.2. The van der Waals surface area contributed by atoms with Crippen LogP contribution < -0.4 is 15.1 Å². The van der Waals surface area contributed by atoms with Gasteiger partial charge in [0.05, 0.1) is 41.4 Å². The number of thiazole rings is 1. The summed E-state index contributed by atoms with van der Waals surface area (Å²) in [6, 6.07) is 10.3. The number of hydrogen-bond donors (Lipinski definition) is 1. The quantitative estimate of drug-likeness (QED) is 0.548. The highest BCUT2D eigenvalue weighted by Crippen LogP contribution is 2.47. The van der Waals surface area contributed by atoms with E-state index in [9.17, 15) is 22.9 Å². The van der Waals surface area contributed by atoms with E-state index in [1.54, 1.807) is 11.3 Å². The zero-order valence-corrected chi connectivity index (χ0v) is 24.0. The van der Waals surface area contributed by atoms with Crippen LogP contribution in [-0.4, -0.2) is 81.9 Å². The first-order chi connectivity index (χ1) is 19.3. The zero-order chi connectivity index (χ0) is 27.9. The molecule has 12 heteroatoms. The second kappa shape index (κ2) is 10.9. The maximum atomic E-state index is 14.7. The Morgan fingerprint density at radius 1 is 1.10 bits per heavy atom. The van der Waals surface area contributed by atoms with Gasteiger partial charge in [0.15, 0.2) is 15.0 Å². The van der Waals surface area contributed by atoms with Crippen molar-refractivity contribution in [3.8, 4) is 16.5 Å². The third-order valence-electron chi connectivity index (χ3n) is 8.56. The minimum atomic E-state index is -2.97. The molecule has 3 heterocycles. The van der Waals surface area contributed by atoms with Crippen LogP contribution in [0.4, 0.5) is 15.2 Å². The topological polar surface area (TPSA) is 116 Å². The van der Waals surface area contributed by atoms with Gasteiger partial charge in [0, 0.05) is 43.7 Å². The van der Waals surface area contributed by atoms with Gasteiger partial charge in [-0.15, -0.1) is 0 Å². The van der Waals surface area contributed by atoms with Crippen molar-refractivity contribution in [2.75, 3.05) is 60.7 Å². The number of nitrogens with one attached hydrogen (secondary N) is 1. The lowest BCUT2D eigenvalue weighted by molar-refractivity contribution is -0.128. The molecule has 0 radical (unpaired) electrons. The molecular formula is C28H34FN5O4S2. The Labute approximate surface area is 238 Å². The summed E-state index contributed by atoms with van der Waals surface area (Å²) in [7, 11) is -2.97. The second-order valence-corrected chi connectivity index (χ2v) is 14.6. The average molecular weight is 588 g/mol. The molecule has 214 valence electrons. The van der Waals surface area contributed by atoms with Crippen LogP contribution in [0.25, 0.3) is 10.4 Å². The molecule has 0 spiro atoms. The van der Waals surface area contributed by atoms with Crippen molar-refractivity contribution in [2.45, 2.75) is 49.7 Å². The smallest absolute Gasteiger partial charge is 0.225 e. The van der Waals surface area contributed by atoms with Gasteiger partial charge < -0.3 is 19.9 Å². The van der Waals surface area contributed by atoms with Crippen LogP contribution in [0.1, 0.15) is 43.7 Å². The first-order valence-corrected chi connectivity index (χ1v) is 16.7. The van der Waals surface area contributed by atoms with Gasteiger partial charge in [-0.25, -0.2) is 17.8 Å². The van der Waals surface area contributed by atoms with E-state index in [1.165, 1.54) is 0 Å². The molecule has 2 saturated heterocycles. The summed E-state index contributed by atoms with van der Waals surface area (Å²) in [6.45, 7) is 3.66. The number of aromatic nitrogens is 1. The minimum Gasteiger partial charge on any atom is -0.378 e. The predicted molar refractivity (Wildman–Crippen MR) is 152 cm³/mol. The van der Waals surface area contributed by atoms with Gasteiger partial charge in [0.2, 0.25) is 5.91 Å². The number of morpholine rings is 1. The Hall–Kier alpha value is -2.75. The number of amides is 1. The number of benzene rings is 1. The Kier molecular flexibility index (Phi) is 7.48. The number of ether oxygens (including phenoxy) is 1. The maximum Gasteiger partial charge on any atom is 0.225 e. The standard InChI is InChI=1S/C28H34FN5O4S2/c29-20-3-6-22(23(17-20)26(35)32-28(18-30)7-8-28)24-25(39-27(31-24)34-9-13-38-14-10-34)19-1-4-21(5-2-19)33-11-15-40(36,37)16-12-33/h1-2,4-5,20,22-23H,3,6-17H2,(H,32,35). The molecule has 3 atom stereocenters. The second-order valence-electron chi connectivity index (χ2n) is 11.3. The molecule has 1 aromatic carbocycles. The normalized spacial score (nSPS) is 27.6. The van der Waals surface area contributed by atoms with E-state index in [-0.39, 0.29) is 29.8 Å². The van der Waals surface area contributed by atoms with Crippen LogP contribution >= 0.6 is 11.3 Å². The lowest BCUT2D eigenvalue weighted by Crippen LogP contribution is -2.44. The maximum absolute atomic E-state index is 14.7. The molecule has 9 nitrogen and oxygen atoms in total. The van der Waals surface area contributed by atoms with Crippen LogP contribution in [0.2, 0.25) is 0 Å². The van der Waals surface area contributed by atoms with E-state index >= 15 is 0 Å². The molecule has 2 aliphatic heterocycles. The fourth-order valence-electron chi connectivity index (χ4n) is 5.92. The van der Waals surface area contributed by atoms with Crippen molar-refractivity contribution in [3.05, 3.63) is 30.0 Å². The minimum absolute atomic E-state index is 0.124. The first kappa shape index (κ1) is 27.4. The molecular weight excluding hydrogens is 553 g/mol. The third kappa shape index (κ3) is 5.69. The van der Waals surface area contributed by atoms with E-state index in [0.717, 1.165) is 40.0 Å². The largest absolute Gasteiger partial charge is 0.378 e. The van der Waals surface area contributed by atoms with Gasteiger partial charge in [-0.3, -0.25) is 4.79 Å². The van der Waals surface area contributed by atoms with Gasteiger partial charge in [-0.05, 0) is 49.8 Å². The zero-order valence-electron chi connectivity index (χ0n) is 22.4. The van der Waals surface area contributed by atoms with E-state index in [1.807, 2.05) is 24.3 Å². The average Bonchev–Trinajstić information content (AvgIpc) is 3.60. The molecule has 2 saturated carbocycles. The number of anilines is 2. The number of alkyl halides is 1. The summed E-state index contributed by atoms with van der Waals surface area (Å²) >= 11 is 1.59. The molecule has 1 N–H and O–H groups in total. The molecule has 6 rings (SSSR count). The van der Waals surface area contributed by atoms with Crippen LogP contribution in [0.15, 0.2) is 24.3 Å². The molecule has 1 aromatic heterocycles. The molecule has 2 aliphatic carbocycles. The van der Waals surface area contributed by atoms with Crippen LogP contribution in [0.5, 0.6) is 0 Å². The van der Waals surface area contributed by atoms with E-state index in [4.69, 9.17) is 9.72 Å². The Morgan fingerprint density at radius 3 is 2.45 bits per heavy atom. The number of halogens is 1. The Balaban J connectivity index is 1.32. The molecule has 1 amide bonds. The first-order valence-electron chi connectivity index (χ1n) is 14.0. The number of sulfone groups is 1. The van der Waals surface area contributed by atoms with Crippen molar-refractivity contribution >= 4 is 37.9 Å². The third-order valence-corrected chi connectivity index (χ3v) is 11.4. The summed E-state index contributed by atoms with van der Waals surface area (Å²) < 4.78 is 43.9. The number of rotatable bonds is 6. The number of carbonyl (C=O) groups is 1. The Bertz CT molecular complexity index is 1380. The van der Waals surface area contributed by atoms with Crippen LogP contribution in [0, 0.1) is 17.2 Å².